The van der Waals surface area contributed by atoms with Gasteiger partial charge in [0.2, 0.25) is 0 Å². The number of rotatable bonds is 4. The number of carbonyl (C=O) groups excluding carboxylic acids is 2. The molecule has 4 rings (SSSR count). The zero-order valence-corrected chi connectivity index (χ0v) is 16.6. The van der Waals surface area contributed by atoms with E-state index in [1.165, 1.54) is 23.3 Å². The molecule has 1 amide bonds. The van der Waals surface area contributed by atoms with Crippen LogP contribution in [0.1, 0.15) is 34.1 Å². The predicted molar refractivity (Wildman–Crippen MR) is 109 cm³/mol. The number of Topliss-reactive ketones (excluding diaryl/α,β-unsaturated/α-hetero) is 1. The van der Waals surface area contributed by atoms with Gasteiger partial charge >= 0.3 is 0 Å². The summed E-state index contributed by atoms with van der Waals surface area (Å²) in [5.41, 5.74) is 2.17. The van der Waals surface area contributed by atoms with Crippen molar-refractivity contribution < 1.29 is 23.5 Å². The van der Waals surface area contributed by atoms with Gasteiger partial charge in [-0.05, 0) is 43.2 Å². The molecule has 0 saturated carbocycles. The molecule has 0 radical (unpaired) electrons. The van der Waals surface area contributed by atoms with E-state index in [0.29, 0.717) is 16.9 Å². The molecule has 0 spiro atoms. The Hall–Kier alpha value is -3.67. The van der Waals surface area contributed by atoms with E-state index in [-0.39, 0.29) is 17.7 Å². The topological polar surface area (TPSA) is 70.8 Å². The number of aliphatic hydroxyl groups excluding tert-OH is 1. The maximum Gasteiger partial charge on any atom is 0.296 e. The summed E-state index contributed by atoms with van der Waals surface area (Å²) in [4.78, 5) is 27.2. The number of hydrogen-bond acceptors (Lipinski definition) is 4. The fourth-order valence-electron chi connectivity index (χ4n) is 3.60. The lowest BCUT2D eigenvalue weighted by molar-refractivity contribution is -0.140. The minimum absolute atomic E-state index is 0.0646. The Morgan fingerprint density at radius 1 is 1.10 bits per heavy atom. The summed E-state index contributed by atoms with van der Waals surface area (Å²) in [6.45, 7) is 3.60. The van der Waals surface area contributed by atoms with Crippen molar-refractivity contribution in [3.05, 3.63) is 100 Å². The summed E-state index contributed by atoms with van der Waals surface area (Å²) in [5.74, 6) is -1.96. The van der Waals surface area contributed by atoms with Gasteiger partial charge in [-0.25, -0.2) is 4.39 Å². The van der Waals surface area contributed by atoms with Crippen molar-refractivity contribution in [2.24, 2.45) is 0 Å². The molecule has 1 N–H and O–H groups in total. The Morgan fingerprint density at radius 2 is 1.83 bits per heavy atom. The molecule has 3 aromatic rings. The molecule has 1 unspecified atom stereocenters. The van der Waals surface area contributed by atoms with Crippen molar-refractivity contribution in [1.29, 1.82) is 0 Å². The zero-order chi connectivity index (χ0) is 21.4. The van der Waals surface area contributed by atoms with Crippen LogP contribution in [-0.2, 0) is 16.1 Å². The van der Waals surface area contributed by atoms with Gasteiger partial charge in [-0.2, -0.15) is 0 Å². The second kappa shape index (κ2) is 7.63. The first-order valence-corrected chi connectivity index (χ1v) is 9.50. The number of likely N-dealkylation sites (tertiary alicyclic amines) is 1. The largest absolute Gasteiger partial charge is 0.507 e. The van der Waals surface area contributed by atoms with Crippen molar-refractivity contribution in [2.75, 3.05) is 0 Å². The summed E-state index contributed by atoms with van der Waals surface area (Å²) < 4.78 is 19.4. The van der Waals surface area contributed by atoms with Gasteiger partial charge in [-0.15, -0.1) is 0 Å². The third-order valence-electron chi connectivity index (χ3n) is 5.28. The van der Waals surface area contributed by atoms with Crippen LogP contribution in [0.25, 0.3) is 5.76 Å². The Labute approximate surface area is 173 Å². The van der Waals surface area contributed by atoms with E-state index >= 15 is 0 Å². The van der Waals surface area contributed by atoms with Gasteiger partial charge in [0.1, 0.15) is 17.3 Å². The van der Waals surface area contributed by atoms with E-state index in [2.05, 4.69) is 0 Å². The Morgan fingerprint density at radius 3 is 2.47 bits per heavy atom. The van der Waals surface area contributed by atoms with E-state index in [1.807, 2.05) is 31.2 Å². The van der Waals surface area contributed by atoms with Crippen LogP contribution in [0.3, 0.4) is 0 Å². The summed E-state index contributed by atoms with van der Waals surface area (Å²) in [6.07, 6.45) is 1.49. The van der Waals surface area contributed by atoms with Crippen LogP contribution in [0.4, 0.5) is 4.39 Å². The fraction of sp³-hybridized carbons (Fsp3) is 0.167. The van der Waals surface area contributed by atoms with Gasteiger partial charge in [0, 0.05) is 5.56 Å². The molecule has 1 aromatic heterocycles. The molecular weight excluding hydrogens is 385 g/mol. The summed E-state index contributed by atoms with van der Waals surface area (Å²) in [5, 5.41) is 10.9. The van der Waals surface area contributed by atoms with Crippen LogP contribution in [0, 0.1) is 19.7 Å². The molecule has 1 aliphatic heterocycles. The maximum atomic E-state index is 14.1. The Balaban J connectivity index is 1.87. The van der Waals surface area contributed by atoms with Gasteiger partial charge < -0.3 is 14.4 Å². The molecule has 1 atom stereocenters. The molecule has 152 valence electrons. The lowest BCUT2D eigenvalue weighted by Crippen LogP contribution is -2.29. The highest BCUT2D eigenvalue weighted by Gasteiger charge is 2.46. The molecule has 1 saturated heterocycles. The van der Waals surface area contributed by atoms with Gasteiger partial charge in [-0.3, -0.25) is 9.59 Å². The number of aliphatic hydroxyl groups is 1. The number of amides is 1. The predicted octanol–water partition coefficient (Wildman–Crippen LogP) is 4.66. The zero-order valence-electron chi connectivity index (χ0n) is 16.6. The summed E-state index contributed by atoms with van der Waals surface area (Å²) in [6, 6.07) is 14.2. The first-order valence-electron chi connectivity index (χ1n) is 9.50. The highest BCUT2D eigenvalue weighted by Crippen LogP contribution is 2.40. The smallest absolute Gasteiger partial charge is 0.296 e. The van der Waals surface area contributed by atoms with E-state index in [4.69, 9.17) is 4.42 Å². The van der Waals surface area contributed by atoms with Gasteiger partial charge in [0.25, 0.3) is 11.7 Å². The van der Waals surface area contributed by atoms with E-state index in [0.717, 1.165) is 11.6 Å². The van der Waals surface area contributed by atoms with E-state index < -0.39 is 29.3 Å². The third kappa shape index (κ3) is 3.41. The van der Waals surface area contributed by atoms with Crippen molar-refractivity contribution in [2.45, 2.75) is 26.4 Å². The molecular formula is C24H20FNO4. The first-order chi connectivity index (χ1) is 14.4. The van der Waals surface area contributed by atoms with Crippen molar-refractivity contribution >= 4 is 17.4 Å². The van der Waals surface area contributed by atoms with Crippen molar-refractivity contribution in [1.82, 2.24) is 4.90 Å². The monoisotopic (exact) mass is 405 g/mol. The van der Waals surface area contributed by atoms with Crippen LogP contribution in [-0.4, -0.2) is 21.7 Å². The minimum atomic E-state index is -0.819. The number of benzene rings is 2. The number of halogens is 1. The molecule has 2 aromatic carbocycles. The first kappa shape index (κ1) is 19.6. The molecule has 5 nitrogen and oxygen atoms in total. The molecule has 30 heavy (non-hydrogen) atoms. The van der Waals surface area contributed by atoms with E-state index in [1.54, 1.807) is 19.1 Å². The summed E-state index contributed by atoms with van der Waals surface area (Å²) >= 11 is 0. The highest BCUT2D eigenvalue weighted by atomic mass is 19.1. The van der Waals surface area contributed by atoms with Crippen LogP contribution in [0.15, 0.2) is 70.9 Å². The second-order valence-electron chi connectivity index (χ2n) is 7.38. The number of hydrogen-bond donors (Lipinski definition) is 1. The van der Waals surface area contributed by atoms with Crippen LogP contribution >= 0.6 is 0 Å². The molecule has 6 heteroatoms. The van der Waals surface area contributed by atoms with Crippen LogP contribution < -0.4 is 0 Å². The Bertz CT molecular complexity index is 1150. The lowest BCUT2D eigenvalue weighted by Gasteiger charge is -2.24. The molecule has 0 bridgehead atoms. The van der Waals surface area contributed by atoms with Gasteiger partial charge in [-0.1, -0.05) is 42.0 Å². The quantitative estimate of drug-likeness (QED) is 0.389. The molecule has 0 aliphatic carbocycles. The number of ketones is 1. The number of aryl methyl sites for hydroxylation is 2. The number of furan rings is 1. The number of nitrogens with zero attached hydrogens (tertiary/aromatic N) is 1. The highest BCUT2D eigenvalue weighted by molar-refractivity contribution is 6.46. The normalized spacial score (nSPS) is 18.2. The third-order valence-corrected chi connectivity index (χ3v) is 5.28. The lowest BCUT2D eigenvalue weighted by atomic mass is 9.94. The molecule has 1 aliphatic rings. The maximum absolute atomic E-state index is 14.1. The minimum Gasteiger partial charge on any atom is -0.507 e. The average molecular weight is 405 g/mol. The Kier molecular flexibility index (Phi) is 4.99. The van der Waals surface area contributed by atoms with Crippen LogP contribution in [0.2, 0.25) is 0 Å². The van der Waals surface area contributed by atoms with Gasteiger partial charge in [0.05, 0.1) is 24.4 Å². The van der Waals surface area contributed by atoms with E-state index in [9.17, 15) is 19.1 Å². The summed E-state index contributed by atoms with van der Waals surface area (Å²) in [7, 11) is 0. The molecule has 2 heterocycles. The number of carbonyl (C=O) groups is 2. The molecule has 1 fully saturated rings. The van der Waals surface area contributed by atoms with Crippen LogP contribution in [0.5, 0.6) is 0 Å². The SMILES string of the molecule is Cc1ccc(C2C(=C(O)c3ccc(C)c(F)c3)C(=O)C(=O)N2Cc2ccco2)cc1. The van der Waals surface area contributed by atoms with Crippen molar-refractivity contribution in [3.63, 3.8) is 0 Å². The fourth-order valence-corrected chi connectivity index (χ4v) is 3.60. The second-order valence-corrected chi connectivity index (χ2v) is 7.38. The van der Waals surface area contributed by atoms with Crippen molar-refractivity contribution in [3.8, 4) is 0 Å². The van der Waals surface area contributed by atoms with Gasteiger partial charge in [0.15, 0.2) is 0 Å². The average Bonchev–Trinajstić information content (AvgIpc) is 3.33. The standard InChI is InChI=1S/C24H20FNO4/c1-14-5-8-16(9-6-14)21-20(22(27)17-10-7-15(2)19(25)12-17)23(28)24(29)26(21)13-18-4-3-11-30-18/h3-12,21,27H,13H2,1-2H3.